The molecule has 0 aliphatic carbocycles. The molecular formula is C20H24N6O3S. The minimum atomic E-state index is -0.506. The van der Waals surface area contributed by atoms with Gasteiger partial charge in [0.1, 0.15) is 0 Å². The smallest absolute Gasteiger partial charge is 0.357 e. The molecule has 0 fully saturated rings. The number of amides is 1. The molecule has 0 saturated carbocycles. The van der Waals surface area contributed by atoms with Gasteiger partial charge in [0.15, 0.2) is 10.8 Å². The molecule has 30 heavy (non-hydrogen) atoms. The summed E-state index contributed by atoms with van der Waals surface area (Å²) in [7, 11) is 1.31. The first-order valence-electron chi connectivity index (χ1n) is 9.57. The number of ether oxygens (including phenoxy) is 1. The third-order valence-electron chi connectivity index (χ3n) is 4.19. The van der Waals surface area contributed by atoms with E-state index in [0.717, 1.165) is 10.4 Å². The molecular weight excluding hydrogens is 404 g/mol. The van der Waals surface area contributed by atoms with Crippen LogP contribution in [0.1, 0.15) is 59.5 Å². The van der Waals surface area contributed by atoms with Crippen LogP contribution < -0.4 is 5.32 Å². The van der Waals surface area contributed by atoms with E-state index in [1.807, 2.05) is 13.8 Å². The second-order valence-electron chi connectivity index (χ2n) is 7.44. The number of aromatic nitrogens is 5. The first-order chi connectivity index (χ1) is 14.3. The van der Waals surface area contributed by atoms with Crippen molar-refractivity contribution in [2.45, 2.75) is 40.2 Å². The standard InChI is InChI=1S/C20H24N6O3S/c1-11(2)10-15-16(19(28)29-5)21-20(30-15)22-18(27)14-8-6-13(7-9-14)17-23-25-26(24-17)12(3)4/h6-9,11-12H,10H2,1-5H3,(H,21,22,27). The van der Waals surface area contributed by atoms with Crippen LogP contribution >= 0.6 is 11.3 Å². The number of carbonyl (C=O) groups excluding carboxylic acids is 2. The van der Waals surface area contributed by atoms with Crippen molar-refractivity contribution >= 4 is 28.3 Å². The number of carbonyl (C=O) groups is 2. The molecule has 0 saturated heterocycles. The number of nitrogens with zero attached hydrogens (tertiary/aromatic N) is 5. The summed E-state index contributed by atoms with van der Waals surface area (Å²) in [6.07, 6.45) is 0.677. The topological polar surface area (TPSA) is 112 Å². The van der Waals surface area contributed by atoms with Crippen molar-refractivity contribution < 1.29 is 14.3 Å². The van der Waals surface area contributed by atoms with Crippen molar-refractivity contribution in [1.82, 2.24) is 25.2 Å². The summed E-state index contributed by atoms with van der Waals surface area (Å²) >= 11 is 1.29. The highest BCUT2D eigenvalue weighted by Gasteiger charge is 2.21. The van der Waals surface area contributed by atoms with E-state index >= 15 is 0 Å². The average Bonchev–Trinajstić information content (AvgIpc) is 3.35. The van der Waals surface area contributed by atoms with Crippen molar-refractivity contribution in [2.24, 2.45) is 5.92 Å². The quantitative estimate of drug-likeness (QED) is 0.572. The van der Waals surface area contributed by atoms with Gasteiger partial charge in [-0.05, 0) is 43.5 Å². The molecule has 0 aliphatic heterocycles. The predicted octanol–water partition coefficient (Wildman–Crippen LogP) is 3.61. The van der Waals surface area contributed by atoms with Gasteiger partial charge in [-0.3, -0.25) is 10.1 Å². The molecule has 3 aromatic rings. The summed E-state index contributed by atoms with van der Waals surface area (Å²) in [6.45, 7) is 8.04. The summed E-state index contributed by atoms with van der Waals surface area (Å²) in [6, 6.07) is 7.02. The van der Waals surface area contributed by atoms with Crippen LogP contribution in [0.4, 0.5) is 5.13 Å². The van der Waals surface area contributed by atoms with Crippen LogP contribution in [0.15, 0.2) is 24.3 Å². The van der Waals surface area contributed by atoms with E-state index in [1.165, 1.54) is 23.2 Å². The van der Waals surface area contributed by atoms with Crippen LogP contribution in [-0.4, -0.2) is 44.2 Å². The van der Waals surface area contributed by atoms with E-state index in [2.05, 4.69) is 39.6 Å². The number of tetrazole rings is 1. The second-order valence-corrected chi connectivity index (χ2v) is 8.52. The third-order valence-corrected chi connectivity index (χ3v) is 5.18. The summed E-state index contributed by atoms with van der Waals surface area (Å²) in [4.78, 5) is 31.2. The van der Waals surface area contributed by atoms with Crippen molar-refractivity contribution in [3.63, 3.8) is 0 Å². The van der Waals surface area contributed by atoms with E-state index in [0.29, 0.717) is 28.9 Å². The highest BCUT2D eigenvalue weighted by Crippen LogP contribution is 2.27. The van der Waals surface area contributed by atoms with Gasteiger partial charge in [-0.25, -0.2) is 9.78 Å². The number of thiazole rings is 1. The molecule has 0 bridgehead atoms. The molecule has 0 atom stereocenters. The molecule has 3 rings (SSSR count). The largest absolute Gasteiger partial charge is 0.464 e. The summed E-state index contributed by atoms with van der Waals surface area (Å²) in [5.41, 5.74) is 1.47. The summed E-state index contributed by atoms with van der Waals surface area (Å²) in [5, 5.41) is 15.5. The molecule has 0 unspecified atom stereocenters. The first-order valence-corrected chi connectivity index (χ1v) is 10.4. The Morgan fingerprint density at radius 3 is 2.43 bits per heavy atom. The number of hydrogen-bond acceptors (Lipinski definition) is 8. The molecule has 0 spiro atoms. The minimum absolute atomic E-state index is 0.116. The fraction of sp³-hybridized carbons (Fsp3) is 0.400. The Morgan fingerprint density at radius 1 is 1.17 bits per heavy atom. The lowest BCUT2D eigenvalue weighted by atomic mass is 10.1. The number of nitrogens with one attached hydrogen (secondary N) is 1. The number of rotatable bonds is 7. The van der Waals surface area contributed by atoms with Gasteiger partial charge >= 0.3 is 5.97 Å². The van der Waals surface area contributed by atoms with Gasteiger partial charge < -0.3 is 4.74 Å². The maximum Gasteiger partial charge on any atom is 0.357 e. The van der Waals surface area contributed by atoms with Crippen LogP contribution in [0.5, 0.6) is 0 Å². The maximum atomic E-state index is 12.6. The Bertz CT molecular complexity index is 1040. The first kappa shape index (κ1) is 21.6. The van der Waals surface area contributed by atoms with Gasteiger partial charge in [-0.15, -0.1) is 21.5 Å². The van der Waals surface area contributed by atoms with Crippen molar-refractivity contribution in [1.29, 1.82) is 0 Å². The van der Waals surface area contributed by atoms with E-state index in [9.17, 15) is 9.59 Å². The fourth-order valence-electron chi connectivity index (χ4n) is 2.67. The highest BCUT2D eigenvalue weighted by atomic mass is 32.1. The van der Waals surface area contributed by atoms with E-state index in [4.69, 9.17) is 4.74 Å². The Kier molecular flexibility index (Phi) is 6.56. The van der Waals surface area contributed by atoms with Gasteiger partial charge in [0.25, 0.3) is 5.91 Å². The van der Waals surface area contributed by atoms with Gasteiger partial charge in [-0.1, -0.05) is 26.0 Å². The Morgan fingerprint density at radius 2 is 1.87 bits per heavy atom. The number of methoxy groups -OCH3 is 1. The highest BCUT2D eigenvalue weighted by molar-refractivity contribution is 7.16. The molecule has 0 aliphatic rings. The van der Waals surface area contributed by atoms with E-state index < -0.39 is 5.97 Å². The zero-order chi connectivity index (χ0) is 21.8. The van der Waals surface area contributed by atoms with Gasteiger partial charge in [-0.2, -0.15) is 4.80 Å². The lowest BCUT2D eigenvalue weighted by Crippen LogP contribution is -2.12. The van der Waals surface area contributed by atoms with Gasteiger partial charge in [0, 0.05) is 16.0 Å². The van der Waals surface area contributed by atoms with Crippen molar-refractivity contribution in [2.75, 3.05) is 12.4 Å². The summed E-state index contributed by atoms with van der Waals surface area (Å²) < 4.78 is 4.81. The Labute approximate surface area is 178 Å². The van der Waals surface area contributed by atoms with Crippen LogP contribution in [-0.2, 0) is 11.2 Å². The molecule has 0 radical (unpaired) electrons. The van der Waals surface area contributed by atoms with Crippen LogP contribution in [0.25, 0.3) is 11.4 Å². The number of esters is 1. The normalized spacial score (nSPS) is 11.2. The SMILES string of the molecule is COC(=O)c1nc(NC(=O)c2ccc(-c3nnn(C(C)C)n3)cc2)sc1CC(C)C. The van der Waals surface area contributed by atoms with Crippen molar-refractivity contribution in [3.05, 3.63) is 40.4 Å². The predicted molar refractivity (Wildman–Crippen MR) is 114 cm³/mol. The second kappa shape index (κ2) is 9.12. The fourth-order valence-corrected chi connectivity index (χ4v) is 3.83. The monoisotopic (exact) mass is 428 g/mol. The molecule has 1 amide bonds. The summed E-state index contributed by atoms with van der Waals surface area (Å²) in [5.74, 6) is 0.0131. The molecule has 10 heteroatoms. The molecule has 2 aromatic heterocycles. The van der Waals surface area contributed by atoms with E-state index in [1.54, 1.807) is 24.3 Å². The van der Waals surface area contributed by atoms with Crippen LogP contribution in [0, 0.1) is 5.92 Å². The Balaban J connectivity index is 1.75. The average molecular weight is 429 g/mol. The number of anilines is 1. The van der Waals surface area contributed by atoms with Gasteiger partial charge in [0.2, 0.25) is 5.82 Å². The molecule has 9 nitrogen and oxygen atoms in total. The number of hydrogen-bond donors (Lipinski definition) is 1. The lowest BCUT2D eigenvalue weighted by Gasteiger charge is -2.03. The molecule has 1 N–H and O–H groups in total. The minimum Gasteiger partial charge on any atom is -0.464 e. The molecule has 1 aromatic carbocycles. The lowest BCUT2D eigenvalue weighted by molar-refractivity contribution is 0.0593. The van der Waals surface area contributed by atoms with E-state index in [-0.39, 0.29) is 17.6 Å². The molecule has 158 valence electrons. The zero-order valence-electron chi connectivity index (χ0n) is 17.5. The molecule has 2 heterocycles. The van der Waals surface area contributed by atoms with Crippen LogP contribution in [0.3, 0.4) is 0 Å². The maximum absolute atomic E-state index is 12.6. The van der Waals surface area contributed by atoms with Crippen LogP contribution in [0.2, 0.25) is 0 Å². The third kappa shape index (κ3) is 4.88. The van der Waals surface area contributed by atoms with Crippen molar-refractivity contribution in [3.8, 4) is 11.4 Å². The van der Waals surface area contributed by atoms with Gasteiger partial charge in [0.05, 0.1) is 13.2 Å². The Hall–Kier alpha value is -3.14. The zero-order valence-corrected chi connectivity index (χ0v) is 18.4. The number of benzene rings is 1.